The Morgan fingerprint density at radius 3 is 2.52 bits per heavy atom. The highest BCUT2D eigenvalue weighted by atomic mass is 16.2. The van der Waals surface area contributed by atoms with Gasteiger partial charge in [0.05, 0.1) is 5.69 Å². The first-order valence-corrected chi connectivity index (χ1v) is 8.92. The van der Waals surface area contributed by atoms with Gasteiger partial charge in [-0.25, -0.2) is 4.68 Å². The Morgan fingerprint density at radius 1 is 1.22 bits per heavy atom. The van der Waals surface area contributed by atoms with Gasteiger partial charge in [0.2, 0.25) is 0 Å². The van der Waals surface area contributed by atoms with Crippen LogP contribution in [0.1, 0.15) is 62.3 Å². The van der Waals surface area contributed by atoms with E-state index in [0.717, 1.165) is 37.9 Å². The molecule has 2 heterocycles. The summed E-state index contributed by atoms with van der Waals surface area (Å²) in [6.07, 6.45) is 4.00. The highest BCUT2D eigenvalue weighted by Gasteiger charge is 2.31. The van der Waals surface area contributed by atoms with E-state index in [9.17, 15) is 4.79 Å². The molecule has 1 unspecified atom stereocenters. The minimum absolute atomic E-state index is 0.0386. The number of carbonyl (C=O) groups is 1. The summed E-state index contributed by atoms with van der Waals surface area (Å²) < 4.78 is 1.83. The van der Waals surface area contributed by atoms with Crippen LogP contribution in [0.3, 0.4) is 0 Å². The zero-order chi connectivity index (χ0) is 16.6. The lowest BCUT2D eigenvalue weighted by atomic mass is 9.91. The molecular weight excluding hydrogens is 290 g/mol. The van der Waals surface area contributed by atoms with E-state index in [1.54, 1.807) is 0 Å². The predicted molar refractivity (Wildman–Crippen MR) is 89.4 cm³/mol. The second-order valence-corrected chi connectivity index (χ2v) is 7.50. The molecule has 0 aromatic carbocycles. The van der Waals surface area contributed by atoms with Crippen molar-refractivity contribution < 1.29 is 4.79 Å². The van der Waals surface area contributed by atoms with Crippen LogP contribution in [-0.2, 0) is 0 Å². The van der Waals surface area contributed by atoms with Crippen molar-refractivity contribution in [1.82, 2.24) is 24.8 Å². The summed E-state index contributed by atoms with van der Waals surface area (Å²) in [5.41, 5.74) is 1.39. The van der Waals surface area contributed by atoms with Gasteiger partial charge in [0.15, 0.2) is 5.69 Å². The summed E-state index contributed by atoms with van der Waals surface area (Å²) in [5, 5.41) is 8.31. The fourth-order valence-electron chi connectivity index (χ4n) is 3.71. The van der Waals surface area contributed by atoms with Crippen LogP contribution in [0.25, 0.3) is 0 Å². The lowest BCUT2D eigenvalue weighted by molar-refractivity contribution is 0.0736. The molecule has 0 N–H and O–H groups in total. The largest absolute Gasteiger partial charge is 0.336 e. The molecule has 128 valence electrons. The zero-order valence-corrected chi connectivity index (χ0v) is 14.8. The fourth-order valence-corrected chi connectivity index (χ4v) is 3.71. The fraction of sp³-hybridized carbons (Fsp3) is 0.824. The molecule has 1 atom stereocenters. The highest BCUT2D eigenvalue weighted by Crippen LogP contribution is 2.27. The second-order valence-electron chi connectivity index (χ2n) is 7.50. The van der Waals surface area contributed by atoms with Crippen LogP contribution < -0.4 is 0 Å². The summed E-state index contributed by atoms with van der Waals surface area (Å²) in [6, 6.07) is 0.970. The third kappa shape index (κ3) is 3.27. The molecule has 1 amide bonds. The van der Waals surface area contributed by atoms with Gasteiger partial charge in [0, 0.05) is 38.3 Å². The molecule has 1 aliphatic heterocycles. The average Bonchev–Trinajstić information content (AvgIpc) is 2.71. The van der Waals surface area contributed by atoms with Crippen LogP contribution in [0.5, 0.6) is 0 Å². The zero-order valence-electron chi connectivity index (χ0n) is 14.8. The minimum atomic E-state index is 0.0386. The third-order valence-corrected chi connectivity index (χ3v) is 5.23. The van der Waals surface area contributed by atoms with E-state index in [0.29, 0.717) is 11.6 Å². The Morgan fingerprint density at radius 2 is 1.96 bits per heavy atom. The van der Waals surface area contributed by atoms with E-state index < -0.39 is 0 Å². The van der Waals surface area contributed by atoms with Gasteiger partial charge in [-0.1, -0.05) is 18.6 Å². The number of hydrogen-bond acceptors (Lipinski definition) is 4. The van der Waals surface area contributed by atoms with Gasteiger partial charge in [-0.3, -0.25) is 9.69 Å². The van der Waals surface area contributed by atoms with Gasteiger partial charge < -0.3 is 4.90 Å². The summed E-state index contributed by atoms with van der Waals surface area (Å²) in [4.78, 5) is 17.5. The number of amides is 1. The van der Waals surface area contributed by atoms with Crippen LogP contribution in [0.4, 0.5) is 0 Å². The lowest BCUT2D eigenvalue weighted by Crippen LogP contribution is -2.43. The molecule has 2 fully saturated rings. The molecule has 3 rings (SSSR count). The maximum absolute atomic E-state index is 12.9. The van der Waals surface area contributed by atoms with Crippen LogP contribution >= 0.6 is 0 Å². The Kier molecular flexibility index (Phi) is 4.71. The van der Waals surface area contributed by atoms with E-state index in [2.05, 4.69) is 36.0 Å². The first-order valence-electron chi connectivity index (χ1n) is 8.92. The summed E-state index contributed by atoms with van der Waals surface area (Å²) in [6.45, 7) is 12.0. The van der Waals surface area contributed by atoms with Crippen molar-refractivity contribution in [2.45, 2.75) is 59.0 Å². The van der Waals surface area contributed by atoms with E-state index >= 15 is 0 Å². The molecule has 0 spiro atoms. The molecule has 1 aromatic rings. The molecule has 6 nitrogen and oxygen atoms in total. The van der Waals surface area contributed by atoms with Gasteiger partial charge in [0.25, 0.3) is 5.91 Å². The summed E-state index contributed by atoms with van der Waals surface area (Å²) in [7, 11) is 0. The topological polar surface area (TPSA) is 54.3 Å². The maximum Gasteiger partial charge on any atom is 0.276 e. The van der Waals surface area contributed by atoms with Gasteiger partial charge >= 0.3 is 0 Å². The first kappa shape index (κ1) is 16.4. The van der Waals surface area contributed by atoms with Crippen molar-refractivity contribution >= 4 is 5.91 Å². The quantitative estimate of drug-likeness (QED) is 0.856. The summed E-state index contributed by atoms with van der Waals surface area (Å²) >= 11 is 0. The van der Waals surface area contributed by atoms with E-state index in [1.165, 1.54) is 19.3 Å². The van der Waals surface area contributed by atoms with Gasteiger partial charge in [0.1, 0.15) is 0 Å². The molecule has 23 heavy (non-hydrogen) atoms. The maximum atomic E-state index is 12.9. The summed E-state index contributed by atoms with van der Waals surface area (Å²) in [5.74, 6) is 0.541. The van der Waals surface area contributed by atoms with Gasteiger partial charge in [-0.15, -0.1) is 5.10 Å². The molecular formula is C17H29N5O. The second kappa shape index (κ2) is 6.59. The molecule has 1 saturated carbocycles. The first-order chi connectivity index (χ1) is 11.0. The smallest absolute Gasteiger partial charge is 0.276 e. The number of rotatable bonds is 3. The predicted octanol–water partition coefficient (Wildman–Crippen LogP) is 2.11. The Balaban J connectivity index is 1.71. The number of carbonyl (C=O) groups excluding carboxylic acids is 1. The van der Waals surface area contributed by atoms with Crippen LogP contribution in [0.15, 0.2) is 0 Å². The van der Waals surface area contributed by atoms with E-state index in [4.69, 9.17) is 0 Å². The van der Waals surface area contributed by atoms with Crippen LogP contribution in [0, 0.1) is 12.8 Å². The van der Waals surface area contributed by atoms with E-state index in [-0.39, 0.29) is 11.9 Å². The molecule has 1 aromatic heterocycles. The van der Waals surface area contributed by atoms with Crippen molar-refractivity contribution in [2.24, 2.45) is 5.92 Å². The van der Waals surface area contributed by atoms with Crippen molar-refractivity contribution in [1.29, 1.82) is 0 Å². The normalized spacial score (nSPS) is 23.9. The van der Waals surface area contributed by atoms with Crippen molar-refractivity contribution in [3.8, 4) is 0 Å². The van der Waals surface area contributed by atoms with Gasteiger partial charge in [-0.05, 0) is 39.5 Å². The standard InChI is InChI=1S/C17H29N5O/c1-12(2)22-14(4)16(18-19-22)17(23)21-9-8-20(10-13(3)11-21)15-6-5-7-15/h12-13,15H,5-11H2,1-4H3. The Bertz CT molecular complexity index is 563. The Hall–Kier alpha value is -1.43. The van der Waals surface area contributed by atoms with Gasteiger partial charge in [-0.2, -0.15) is 0 Å². The number of hydrogen-bond donors (Lipinski definition) is 0. The molecule has 1 saturated heterocycles. The molecule has 2 aliphatic rings. The Labute approximate surface area is 138 Å². The number of aromatic nitrogens is 3. The SMILES string of the molecule is Cc1c(C(=O)N2CCN(C3CCC3)CC(C)C2)nnn1C(C)C. The van der Waals surface area contributed by atoms with E-state index in [1.807, 2.05) is 16.5 Å². The van der Waals surface area contributed by atoms with Crippen molar-refractivity contribution in [2.75, 3.05) is 26.2 Å². The van der Waals surface area contributed by atoms with Crippen molar-refractivity contribution in [3.63, 3.8) is 0 Å². The highest BCUT2D eigenvalue weighted by molar-refractivity contribution is 5.93. The lowest BCUT2D eigenvalue weighted by Gasteiger charge is -2.37. The monoisotopic (exact) mass is 319 g/mol. The molecule has 6 heteroatoms. The average molecular weight is 319 g/mol. The van der Waals surface area contributed by atoms with Crippen molar-refractivity contribution in [3.05, 3.63) is 11.4 Å². The minimum Gasteiger partial charge on any atom is -0.336 e. The number of nitrogens with zero attached hydrogens (tertiary/aromatic N) is 5. The van der Waals surface area contributed by atoms with Crippen LogP contribution in [-0.4, -0.2) is 62.9 Å². The third-order valence-electron chi connectivity index (χ3n) is 5.23. The molecule has 0 bridgehead atoms. The molecule has 0 radical (unpaired) electrons. The van der Waals surface area contributed by atoms with Crippen LogP contribution in [0.2, 0.25) is 0 Å². The molecule has 1 aliphatic carbocycles.